The van der Waals surface area contributed by atoms with Crippen molar-refractivity contribution in [3.8, 4) is 0 Å². The molecule has 0 saturated carbocycles. The van der Waals surface area contributed by atoms with Crippen molar-refractivity contribution < 1.29 is 16.9 Å². The standard InChI is InChI=1S/C21H38N.CH4.ClH/c1-4-5-6-7-8-9-10-11-12-16-19-22(2,3)20-21-17-14-13-15-18-21;;/h13-15,17-18H,4-12,16,19-20H2,1-3H3;1H4;1H/q+1;;/p-1. The Morgan fingerprint density at radius 3 is 1.67 bits per heavy atom. The maximum Gasteiger partial charge on any atom is 0.104 e. The first-order chi connectivity index (χ1) is 10.6. The lowest BCUT2D eigenvalue weighted by molar-refractivity contribution is -0.903. The molecule has 1 aromatic rings. The molecule has 0 amide bonds. The second-order valence-electron chi connectivity index (χ2n) is 7.49. The fourth-order valence-electron chi connectivity index (χ4n) is 3.18. The molecule has 0 unspecified atom stereocenters. The van der Waals surface area contributed by atoms with E-state index in [0.717, 1.165) is 11.0 Å². The lowest BCUT2D eigenvalue weighted by Gasteiger charge is -2.30. The van der Waals surface area contributed by atoms with E-state index >= 15 is 0 Å². The number of hydrogen-bond acceptors (Lipinski definition) is 0. The summed E-state index contributed by atoms with van der Waals surface area (Å²) in [5.74, 6) is 0. The Balaban J connectivity index is 0. The molecule has 0 heterocycles. The van der Waals surface area contributed by atoms with Crippen LogP contribution in [0.5, 0.6) is 0 Å². The predicted molar refractivity (Wildman–Crippen MR) is 106 cm³/mol. The molecular weight excluding hydrogens is 314 g/mol. The summed E-state index contributed by atoms with van der Waals surface area (Å²) in [5, 5.41) is 0. The van der Waals surface area contributed by atoms with Gasteiger partial charge in [-0.25, -0.2) is 0 Å². The largest absolute Gasteiger partial charge is 1.00 e. The molecule has 0 N–H and O–H groups in total. The molecule has 0 radical (unpaired) electrons. The Morgan fingerprint density at radius 2 is 1.17 bits per heavy atom. The van der Waals surface area contributed by atoms with E-state index in [1.54, 1.807) is 0 Å². The number of unbranched alkanes of at least 4 members (excludes halogenated alkanes) is 9. The van der Waals surface area contributed by atoms with Crippen molar-refractivity contribution in [3.63, 3.8) is 0 Å². The first-order valence-corrected chi connectivity index (χ1v) is 9.50. The highest BCUT2D eigenvalue weighted by Crippen LogP contribution is 2.13. The van der Waals surface area contributed by atoms with E-state index in [1.165, 1.54) is 76.3 Å². The topological polar surface area (TPSA) is 0 Å². The van der Waals surface area contributed by atoms with Crippen molar-refractivity contribution in [2.24, 2.45) is 0 Å². The van der Waals surface area contributed by atoms with Crippen molar-refractivity contribution in [3.05, 3.63) is 35.9 Å². The summed E-state index contributed by atoms with van der Waals surface area (Å²) in [4.78, 5) is 0. The van der Waals surface area contributed by atoms with E-state index in [0.29, 0.717) is 0 Å². The number of hydrogen-bond donors (Lipinski definition) is 0. The van der Waals surface area contributed by atoms with Crippen LogP contribution < -0.4 is 12.4 Å². The van der Waals surface area contributed by atoms with Crippen molar-refractivity contribution >= 4 is 0 Å². The van der Waals surface area contributed by atoms with Gasteiger partial charge in [0.1, 0.15) is 6.54 Å². The van der Waals surface area contributed by atoms with Crippen LogP contribution in [0.15, 0.2) is 30.3 Å². The van der Waals surface area contributed by atoms with E-state index < -0.39 is 0 Å². The third kappa shape index (κ3) is 13.9. The van der Waals surface area contributed by atoms with Gasteiger partial charge in [-0.15, -0.1) is 0 Å². The summed E-state index contributed by atoms with van der Waals surface area (Å²) in [5.41, 5.74) is 1.46. The molecule has 2 heteroatoms. The zero-order valence-corrected chi connectivity index (χ0v) is 16.5. The zero-order valence-electron chi connectivity index (χ0n) is 15.7. The minimum atomic E-state index is 0. The van der Waals surface area contributed by atoms with Gasteiger partial charge in [0, 0.05) is 5.56 Å². The fourth-order valence-corrected chi connectivity index (χ4v) is 3.18. The third-order valence-electron chi connectivity index (χ3n) is 4.57. The van der Waals surface area contributed by atoms with Crippen LogP contribution in [0.1, 0.15) is 84.1 Å². The molecule has 0 fully saturated rings. The van der Waals surface area contributed by atoms with Crippen LogP contribution >= 0.6 is 0 Å². The Morgan fingerprint density at radius 1 is 0.708 bits per heavy atom. The Labute approximate surface area is 158 Å². The molecule has 142 valence electrons. The highest BCUT2D eigenvalue weighted by molar-refractivity contribution is 5.13. The van der Waals surface area contributed by atoms with Crippen LogP contribution in [0.4, 0.5) is 0 Å². The number of halogens is 1. The quantitative estimate of drug-likeness (QED) is 0.372. The number of quaternary nitrogens is 1. The van der Waals surface area contributed by atoms with Crippen molar-refractivity contribution in [2.45, 2.75) is 85.1 Å². The number of benzene rings is 1. The summed E-state index contributed by atoms with van der Waals surface area (Å²) in [7, 11) is 4.72. The van der Waals surface area contributed by atoms with E-state index in [4.69, 9.17) is 0 Å². The Bertz CT molecular complexity index is 361. The average molecular weight is 356 g/mol. The molecule has 1 nitrogen and oxygen atoms in total. The van der Waals surface area contributed by atoms with Gasteiger partial charge in [-0.2, -0.15) is 0 Å². The Kier molecular flexibility index (Phi) is 17.1. The van der Waals surface area contributed by atoms with E-state index in [1.807, 2.05) is 0 Å². The first-order valence-electron chi connectivity index (χ1n) is 9.50. The zero-order chi connectivity index (χ0) is 16.1. The average Bonchev–Trinajstić information content (AvgIpc) is 2.49. The molecule has 0 spiro atoms. The molecule has 0 bridgehead atoms. The van der Waals surface area contributed by atoms with E-state index in [9.17, 15) is 0 Å². The van der Waals surface area contributed by atoms with Gasteiger partial charge >= 0.3 is 0 Å². The molecule has 0 aliphatic heterocycles. The first kappa shape index (κ1) is 25.7. The second kappa shape index (κ2) is 16.0. The maximum absolute atomic E-state index is 2.36. The van der Waals surface area contributed by atoms with Crippen molar-refractivity contribution in [2.75, 3.05) is 20.6 Å². The second-order valence-corrected chi connectivity index (χ2v) is 7.49. The minimum absolute atomic E-state index is 0. The lowest BCUT2D eigenvalue weighted by Crippen LogP contribution is -3.00. The minimum Gasteiger partial charge on any atom is -1.00 e. The van der Waals surface area contributed by atoms with Crippen LogP contribution in [-0.2, 0) is 6.54 Å². The molecule has 0 aliphatic rings. The smallest absolute Gasteiger partial charge is 0.104 e. The molecule has 0 aliphatic carbocycles. The fraction of sp³-hybridized carbons (Fsp3) is 0.727. The Hall–Kier alpha value is -0.530. The number of nitrogens with zero attached hydrogens (tertiary/aromatic N) is 1. The van der Waals surface area contributed by atoms with Crippen LogP contribution in [0.3, 0.4) is 0 Å². The van der Waals surface area contributed by atoms with Gasteiger partial charge in [0.05, 0.1) is 20.6 Å². The highest BCUT2D eigenvalue weighted by atomic mass is 35.5. The van der Waals surface area contributed by atoms with Crippen LogP contribution in [0, 0.1) is 0 Å². The third-order valence-corrected chi connectivity index (χ3v) is 4.57. The molecule has 0 atom stereocenters. The lowest BCUT2D eigenvalue weighted by atomic mass is 10.1. The monoisotopic (exact) mass is 355 g/mol. The SMILES string of the molecule is C.CCCCCCCCCCCC[N+](C)(C)Cc1ccccc1.[Cl-]. The summed E-state index contributed by atoms with van der Waals surface area (Å²) in [6.45, 7) is 4.74. The van der Waals surface area contributed by atoms with Gasteiger partial charge < -0.3 is 16.9 Å². The number of rotatable bonds is 13. The summed E-state index contributed by atoms with van der Waals surface area (Å²) >= 11 is 0. The van der Waals surface area contributed by atoms with Gasteiger partial charge in [-0.1, -0.05) is 96.0 Å². The molecule has 1 aromatic carbocycles. The molecule has 0 saturated heterocycles. The summed E-state index contributed by atoms with van der Waals surface area (Å²) < 4.78 is 1.11. The maximum atomic E-state index is 2.36. The summed E-state index contributed by atoms with van der Waals surface area (Å²) in [6.07, 6.45) is 14.2. The van der Waals surface area contributed by atoms with Gasteiger partial charge in [0.25, 0.3) is 0 Å². The highest BCUT2D eigenvalue weighted by Gasteiger charge is 2.14. The van der Waals surface area contributed by atoms with Gasteiger partial charge in [-0.05, 0) is 12.8 Å². The van der Waals surface area contributed by atoms with Crippen molar-refractivity contribution in [1.82, 2.24) is 0 Å². The van der Waals surface area contributed by atoms with Crippen molar-refractivity contribution in [1.29, 1.82) is 0 Å². The molecule has 24 heavy (non-hydrogen) atoms. The van der Waals surface area contributed by atoms with Crippen LogP contribution in [0.2, 0.25) is 0 Å². The summed E-state index contributed by atoms with van der Waals surface area (Å²) in [6, 6.07) is 10.9. The molecule has 0 aromatic heterocycles. The predicted octanol–water partition coefficient (Wildman–Crippen LogP) is 3.82. The van der Waals surface area contributed by atoms with Gasteiger partial charge in [0.15, 0.2) is 0 Å². The molecule has 1 rings (SSSR count). The van der Waals surface area contributed by atoms with Crippen LogP contribution in [0.25, 0.3) is 0 Å². The normalized spacial score (nSPS) is 10.8. The van der Waals surface area contributed by atoms with Gasteiger partial charge in [-0.3, -0.25) is 0 Å². The van der Waals surface area contributed by atoms with Gasteiger partial charge in [0.2, 0.25) is 0 Å². The van der Waals surface area contributed by atoms with E-state index in [-0.39, 0.29) is 19.8 Å². The molecular formula is C22H42ClN. The van der Waals surface area contributed by atoms with E-state index in [2.05, 4.69) is 51.4 Å². The van der Waals surface area contributed by atoms with Crippen LogP contribution in [-0.4, -0.2) is 25.1 Å².